The lowest BCUT2D eigenvalue weighted by atomic mass is 10.0. The molecule has 0 aromatic rings. The number of ether oxygens (including phenoxy) is 2. The molecule has 0 saturated heterocycles. The minimum atomic E-state index is -1.42. The van der Waals surface area contributed by atoms with Crippen LogP contribution in [0.1, 0.15) is 44.9 Å². The molecule has 0 spiro atoms. The van der Waals surface area contributed by atoms with E-state index in [0.29, 0.717) is 25.1 Å². The summed E-state index contributed by atoms with van der Waals surface area (Å²) in [6.07, 6.45) is 2.02. The first-order chi connectivity index (χ1) is 16.6. The van der Waals surface area contributed by atoms with Gasteiger partial charge in [-0.1, -0.05) is 29.6 Å². The van der Waals surface area contributed by atoms with Crippen molar-refractivity contribution >= 4 is 129 Å². The molecule has 0 bridgehead atoms. The van der Waals surface area contributed by atoms with E-state index in [1.54, 1.807) is 0 Å². The lowest BCUT2D eigenvalue weighted by Gasteiger charge is -2.29. The topological polar surface area (TPSA) is 105 Å². The monoisotopic (exact) mass is 710 g/mol. The maximum absolute atomic E-state index is 12.1. The normalized spacial score (nSPS) is 18.9. The molecule has 7 unspecified atom stereocenters. The molecule has 36 heavy (non-hydrogen) atoms. The van der Waals surface area contributed by atoms with Gasteiger partial charge in [-0.15, -0.1) is 81.2 Å². The first-order valence-electron chi connectivity index (χ1n) is 11.0. The van der Waals surface area contributed by atoms with Crippen LogP contribution >= 0.6 is 117 Å². The second-order valence-electron chi connectivity index (χ2n) is 8.01. The Morgan fingerprint density at radius 2 is 1.42 bits per heavy atom. The molecule has 0 fully saturated rings. The van der Waals surface area contributed by atoms with Crippen molar-refractivity contribution in [1.29, 1.82) is 0 Å². The highest BCUT2D eigenvalue weighted by atomic mass is 35.5. The molecule has 8 atom stereocenters. The number of carbonyl (C=O) groups excluding carboxylic acids is 2. The number of esters is 2. The number of unbranched alkanes of at least 4 members (excludes halogenated alkanes) is 1. The zero-order valence-electron chi connectivity index (χ0n) is 19.1. The number of alkyl halides is 9. The summed E-state index contributed by atoms with van der Waals surface area (Å²) >= 11 is 60.4. The molecular formula is C20H31Cl9N2O4S. The molecule has 214 valence electrons. The van der Waals surface area contributed by atoms with E-state index in [2.05, 4.69) is 12.6 Å². The highest BCUT2D eigenvalue weighted by Crippen LogP contribution is 2.39. The predicted molar refractivity (Wildman–Crippen MR) is 157 cm³/mol. The van der Waals surface area contributed by atoms with E-state index in [-0.39, 0.29) is 25.7 Å². The van der Waals surface area contributed by atoms with Gasteiger partial charge in [0.15, 0.2) is 11.1 Å². The van der Waals surface area contributed by atoms with Crippen LogP contribution < -0.4 is 11.5 Å². The fourth-order valence-electron chi connectivity index (χ4n) is 2.82. The van der Waals surface area contributed by atoms with Gasteiger partial charge in [0.25, 0.3) is 0 Å². The van der Waals surface area contributed by atoms with E-state index < -0.39 is 60.3 Å². The minimum Gasteiger partial charge on any atom is -0.444 e. The fraction of sp³-hybridized carbons (Fsp3) is 0.900. The predicted octanol–water partition coefficient (Wildman–Crippen LogP) is 6.36. The quantitative estimate of drug-likeness (QED) is 0.0623. The molecule has 0 aliphatic heterocycles. The highest BCUT2D eigenvalue weighted by molar-refractivity contribution is 7.80. The van der Waals surface area contributed by atoms with Crippen LogP contribution in [-0.2, 0) is 19.1 Å². The zero-order chi connectivity index (χ0) is 28.1. The molecule has 0 aliphatic rings. The van der Waals surface area contributed by atoms with Crippen molar-refractivity contribution in [2.75, 3.05) is 12.3 Å². The van der Waals surface area contributed by atoms with Crippen molar-refractivity contribution in [3.63, 3.8) is 0 Å². The second kappa shape index (κ2) is 19.8. The minimum absolute atomic E-state index is 0.0303. The van der Waals surface area contributed by atoms with Gasteiger partial charge in [0.2, 0.25) is 0 Å². The molecule has 0 aliphatic carbocycles. The largest absolute Gasteiger partial charge is 0.444 e. The second-order valence-corrected chi connectivity index (χ2v) is 13.7. The summed E-state index contributed by atoms with van der Waals surface area (Å²) in [7, 11) is 0. The molecule has 0 radical (unpaired) electrons. The van der Waals surface area contributed by atoms with Gasteiger partial charge in [-0.05, 0) is 38.6 Å². The number of hydrogen-bond donors (Lipinski definition) is 3. The van der Waals surface area contributed by atoms with Crippen LogP contribution in [-0.4, -0.2) is 72.6 Å². The maximum Gasteiger partial charge on any atom is 0.324 e. The Balaban J connectivity index is 4.70. The molecule has 16 heteroatoms. The van der Waals surface area contributed by atoms with E-state index in [9.17, 15) is 9.59 Å². The highest BCUT2D eigenvalue weighted by Gasteiger charge is 2.38. The zero-order valence-corrected chi connectivity index (χ0v) is 26.8. The average Bonchev–Trinajstić information content (AvgIpc) is 2.76. The van der Waals surface area contributed by atoms with Crippen molar-refractivity contribution in [2.24, 2.45) is 11.5 Å². The van der Waals surface area contributed by atoms with Crippen LogP contribution in [0.15, 0.2) is 0 Å². The van der Waals surface area contributed by atoms with E-state index in [1.165, 1.54) is 0 Å². The van der Waals surface area contributed by atoms with Crippen molar-refractivity contribution in [3.8, 4) is 0 Å². The van der Waals surface area contributed by atoms with Crippen molar-refractivity contribution in [2.45, 2.75) is 93.3 Å². The van der Waals surface area contributed by atoms with Crippen LogP contribution in [0.5, 0.6) is 0 Å². The van der Waals surface area contributed by atoms with Crippen molar-refractivity contribution in [1.82, 2.24) is 0 Å². The van der Waals surface area contributed by atoms with Crippen LogP contribution in [0.25, 0.3) is 0 Å². The Morgan fingerprint density at radius 1 is 0.861 bits per heavy atom. The molecular weight excluding hydrogens is 683 g/mol. The Morgan fingerprint density at radius 3 is 1.97 bits per heavy atom. The van der Waals surface area contributed by atoms with Gasteiger partial charge in [-0.2, -0.15) is 12.6 Å². The average molecular weight is 715 g/mol. The molecule has 0 saturated carbocycles. The number of nitrogens with two attached hydrogens (primary N) is 2. The molecule has 0 heterocycles. The van der Waals surface area contributed by atoms with Gasteiger partial charge in [-0.3, -0.25) is 9.59 Å². The van der Waals surface area contributed by atoms with Gasteiger partial charge in [0.05, 0.1) is 17.2 Å². The number of carbonyl (C=O) groups is 2. The van der Waals surface area contributed by atoms with E-state index in [1.807, 2.05) is 0 Å². The molecule has 0 rings (SSSR count). The van der Waals surface area contributed by atoms with Crippen LogP contribution in [0.4, 0.5) is 0 Å². The number of halogens is 9. The number of hydrogen-bond acceptors (Lipinski definition) is 7. The molecule has 0 amide bonds. The first kappa shape index (κ1) is 37.8. The molecule has 0 aromatic carbocycles. The van der Waals surface area contributed by atoms with Crippen LogP contribution in [0.2, 0.25) is 0 Å². The van der Waals surface area contributed by atoms with E-state index in [0.717, 1.165) is 6.42 Å². The number of rotatable bonds is 19. The van der Waals surface area contributed by atoms with Crippen LogP contribution in [0.3, 0.4) is 0 Å². The third-order valence-electron chi connectivity index (χ3n) is 4.75. The summed E-state index contributed by atoms with van der Waals surface area (Å²) in [5.74, 6) is -0.963. The molecule has 6 nitrogen and oxygen atoms in total. The third-order valence-corrected chi connectivity index (χ3v) is 9.10. The fourth-order valence-corrected chi connectivity index (χ4v) is 6.30. The summed E-state index contributed by atoms with van der Waals surface area (Å²) < 4.78 is 8.70. The van der Waals surface area contributed by atoms with Crippen molar-refractivity contribution in [3.05, 3.63) is 0 Å². The van der Waals surface area contributed by atoms with E-state index in [4.69, 9.17) is 125 Å². The SMILES string of the molecule is NCCCC[C@H](N)C(=O)OC(Cl)C(Cl)C(Cl)CC(Cl)CC(Cl)(Cl)CC(Cl)C(Cl)C(Cl)OC(=O)CCS. The summed E-state index contributed by atoms with van der Waals surface area (Å²) in [6.45, 7) is 0.500. The van der Waals surface area contributed by atoms with Gasteiger partial charge < -0.3 is 20.9 Å². The van der Waals surface area contributed by atoms with Gasteiger partial charge in [-0.25, -0.2) is 0 Å². The Hall–Kier alpha value is 1.82. The van der Waals surface area contributed by atoms with Gasteiger partial charge in [0, 0.05) is 11.1 Å². The van der Waals surface area contributed by atoms with Crippen LogP contribution in [0, 0.1) is 0 Å². The third kappa shape index (κ3) is 16.2. The summed E-state index contributed by atoms with van der Waals surface area (Å²) in [5.41, 5.74) is 8.78. The summed E-state index contributed by atoms with van der Waals surface area (Å²) in [5, 5.41) is -4.27. The standard InChI is InChI=1S/C20H31Cl9N2O4S/c21-10(7-11(22)15(24)18(27)35-19(33)13(31)3-1-2-5-30)8-20(28,29)9-12(23)16(25)17(26)34-14(32)4-6-36/h10-13,15-18,36H,1-9,30-31H2/t10?,11?,12?,13-,15?,16?,17?,18?/m0/s1. The Kier molecular flexibility index (Phi) is 20.8. The summed E-state index contributed by atoms with van der Waals surface area (Å²) in [6, 6.07) is -0.849. The molecule has 4 N–H and O–H groups in total. The van der Waals surface area contributed by atoms with Gasteiger partial charge >= 0.3 is 11.9 Å². The van der Waals surface area contributed by atoms with E-state index >= 15 is 0 Å². The molecule has 0 aromatic heterocycles. The van der Waals surface area contributed by atoms with Gasteiger partial charge in [0.1, 0.15) is 21.1 Å². The van der Waals surface area contributed by atoms with Crippen molar-refractivity contribution < 1.29 is 19.1 Å². The lowest BCUT2D eigenvalue weighted by molar-refractivity contribution is -0.147. The first-order valence-corrected chi connectivity index (χ1v) is 15.4. The Bertz CT molecular complexity index is 656. The maximum atomic E-state index is 12.1. The number of thiol groups is 1. The summed E-state index contributed by atoms with van der Waals surface area (Å²) in [4.78, 5) is 23.7. The lowest BCUT2D eigenvalue weighted by Crippen LogP contribution is -2.38. The Labute approximate surface area is 263 Å². The smallest absolute Gasteiger partial charge is 0.324 e.